The summed E-state index contributed by atoms with van der Waals surface area (Å²) in [4.78, 5) is 0. The van der Waals surface area contributed by atoms with Gasteiger partial charge in [0.1, 0.15) is 0 Å². The van der Waals surface area contributed by atoms with E-state index in [2.05, 4.69) is 55.7 Å². The van der Waals surface area contributed by atoms with Gasteiger partial charge in [0.25, 0.3) is 0 Å². The Morgan fingerprint density at radius 3 is 1.97 bits per heavy atom. The molecule has 0 saturated heterocycles. The molecule has 0 heterocycles. The molecule has 0 saturated carbocycles. The average Bonchev–Trinajstić information content (AvgIpc) is 2.78. The Hall–Kier alpha value is -2.44. The Balaban J connectivity index is 2.08. The van der Waals surface area contributed by atoms with Gasteiger partial charge in [0.15, 0.2) is 0 Å². The summed E-state index contributed by atoms with van der Waals surface area (Å²) < 4.78 is 0. The third-order valence-electron chi connectivity index (χ3n) is 5.59. The summed E-state index contributed by atoms with van der Waals surface area (Å²) in [7, 11) is 0. The molecule has 158 valence electrons. The van der Waals surface area contributed by atoms with Gasteiger partial charge >= 0.3 is 0 Å². The first-order valence-corrected chi connectivity index (χ1v) is 12.0. The Labute approximate surface area is 185 Å². The Morgan fingerprint density at radius 1 is 0.567 bits per heavy atom. The fourth-order valence-electron chi connectivity index (χ4n) is 3.83. The van der Waals surface area contributed by atoms with Crippen LogP contribution >= 0.6 is 0 Å². The van der Waals surface area contributed by atoms with Gasteiger partial charge < -0.3 is 0 Å². The molecule has 0 heteroatoms. The maximum atomic E-state index is 3.36. The lowest BCUT2D eigenvalue weighted by Gasteiger charge is -2.12. The van der Waals surface area contributed by atoms with E-state index in [0.29, 0.717) is 0 Å². The Morgan fingerprint density at radius 2 is 1.20 bits per heavy atom. The second-order valence-electron chi connectivity index (χ2n) is 8.14. The average molecular weight is 399 g/mol. The molecule has 0 aliphatic rings. The van der Waals surface area contributed by atoms with Gasteiger partial charge in [-0.2, -0.15) is 0 Å². The van der Waals surface area contributed by atoms with Crippen molar-refractivity contribution >= 4 is 0 Å². The molecule has 0 bridgehead atoms. The smallest absolute Gasteiger partial charge is 0.0290 e. The largest absolute Gasteiger partial charge is 0.0654 e. The standard InChI is InChI=1S/C30H38/c1-3-5-7-9-10-15-26-30-28(22-14-8-6-4-2)24-18-25-29(30)23-17-16-21-27-19-12-11-13-20-27/h11-13,18-20,24-25H,3-10,14-15,22,26H2,1-2H3. The van der Waals surface area contributed by atoms with Crippen LogP contribution in [0.3, 0.4) is 0 Å². The van der Waals surface area contributed by atoms with Gasteiger partial charge in [0, 0.05) is 11.1 Å². The molecule has 0 amide bonds. The second-order valence-corrected chi connectivity index (χ2v) is 8.14. The van der Waals surface area contributed by atoms with Gasteiger partial charge in [0.2, 0.25) is 0 Å². The topological polar surface area (TPSA) is 0 Å². The lowest BCUT2D eigenvalue weighted by Crippen LogP contribution is -1.99. The van der Waals surface area contributed by atoms with Gasteiger partial charge in [-0.3, -0.25) is 0 Å². The lowest BCUT2D eigenvalue weighted by molar-refractivity contribution is 0.605. The van der Waals surface area contributed by atoms with Crippen LogP contribution in [0, 0.1) is 23.7 Å². The monoisotopic (exact) mass is 398 g/mol. The van der Waals surface area contributed by atoms with Crippen LogP contribution in [0.4, 0.5) is 0 Å². The molecule has 0 aromatic heterocycles. The van der Waals surface area contributed by atoms with E-state index in [1.165, 1.54) is 87.3 Å². The molecule has 0 aliphatic heterocycles. The van der Waals surface area contributed by atoms with Crippen molar-refractivity contribution in [3.05, 3.63) is 70.8 Å². The van der Waals surface area contributed by atoms with Gasteiger partial charge in [0.05, 0.1) is 0 Å². The molecule has 0 nitrogen and oxygen atoms in total. The molecule has 2 aromatic carbocycles. The van der Waals surface area contributed by atoms with E-state index in [0.717, 1.165) is 12.0 Å². The second kappa shape index (κ2) is 15.4. The molecule has 0 fully saturated rings. The molecule has 0 spiro atoms. The molecule has 30 heavy (non-hydrogen) atoms. The summed E-state index contributed by atoms with van der Waals surface area (Å²) in [6.07, 6.45) is 15.5. The van der Waals surface area contributed by atoms with Crippen LogP contribution in [0.1, 0.15) is 100 Å². The van der Waals surface area contributed by atoms with Crippen molar-refractivity contribution in [1.29, 1.82) is 0 Å². The molecule has 2 rings (SSSR count). The number of hydrogen-bond donors (Lipinski definition) is 0. The van der Waals surface area contributed by atoms with Crippen molar-refractivity contribution in [2.45, 2.75) is 90.9 Å². The molecular weight excluding hydrogens is 360 g/mol. The minimum absolute atomic E-state index is 1.02. The highest BCUT2D eigenvalue weighted by Crippen LogP contribution is 2.21. The molecule has 0 atom stereocenters. The van der Waals surface area contributed by atoms with Gasteiger partial charge in [-0.1, -0.05) is 107 Å². The predicted octanol–water partition coefficient (Wildman–Crippen LogP) is 8.12. The van der Waals surface area contributed by atoms with Crippen LogP contribution in [0.5, 0.6) is 0 Å². The van der Waals surface area contributed by atoms with Crippen LogP contribution in [-0.4, -0.2) is 0 Å². The predicted molar refractivity (Wildman–Crippen MR) is 132 cm³/mol. The van der Waals surface area contributed by atoms with Crippen molar-refractivity contribution < 1.29 is 0 Å². The molecular formula is C30H38. The van der Waals surface area contributed by atoms with Crippen LogP contribution in [0.15, 0.2) is 48.5 Å². The summed E-state index contributed by atoms with van der Waals surface area (Å²) >= 11 is 0. The quantitative estimate of drug-likeness (QED) is 0.250. The Bertz CT molecular complexity index is 836. The van der Waals surface area contributed by atoms with Crippen molar-refractivity contribution in [3.63, 3.8) is 0 Å². The van der Waals surface area contributed by atoms with Crippen molar-refractivity contribution in [2.75, 3.05) is 0 Å². The first kappa shape index (κ1) is 23.8. The van der Waals surface area contributed by atoms with E-state index < -0.39 is 0 Å². The number of rotatable bonds is 12. The number of benzene rings is 2. The van der Waals surface area contributed by atoms with Crippen molar-refractivity contribution in [3.8, 4) is 23.7 Å². The van der Waals surface area contributed by atoms with E-state index in [1.807, 2.05) is 30.3 Å². The fourth-order valence-corrected chi connectivity index (χ4v) is 3.83. The summed E-state index contributed by atoms with van der Waals surface area (Å²) in [5.41, 5.74) is 5.17. The van der Waals surface area contributed by atoms with Gasteiger partial charge in [-0.25, -0.2) is 0 Å². The van der Waals surface area contributed by atoms with Crippen LogP contribution < -0.4 is 0 Å². The lowest BCUT2D eigenvalue weighted by atomic mass is 9.92. The maximum Gasteiger partial charge on any atom is 0.0290 e. The van der Waals surface area contributed by atoms with E-state index in [1.54, 1.807) is 0 Å². The normalized spacial score (nSPS) is 10.1. The highest BCUT2D eigenvalue weighted by molar-refractivity contribution is 5.49. The zero-order valence-electron chi connectivity index (χ0n) is 19.1. The maximum absolute atomic E-state index is 3.36. The molecule has 2 aromatic rings. The summed E-state index contributed by atoms with van der Waals surface area (Å²) in [6.45, 7) is 4.55. The number of unbranched alkanes of at least 4 members (excludes halogenated alkanes) is 8. The molecule has 0 aliphatic carbocycles. The highest BCUT2D eigenvalue weighted by Gasteiger charge is 2.07. The Kier molecular flexibility index (Phi) is 12.2. The zero-order chi connectivity index (χ0) is 21.3. The summed E-state index contributed by atoms with van der Waals surface area (Å²) in [5, 5.41) is 0. The van der Waals surface area contributed by atoms with E-state index in [-0.39, 0.29) is 0 Å². The van der Waals surface area contributed by atoms with Gasteiger partial charge in [-0.05, 0) is 66.9 Å². The minimum atomic E-state index is 1.02. The molecule has 0 N–H and O–H groups in total. The van der Waals surface area contributed by atoms with Crippen LogP contribution in [-0.2, 0) is 12.8 Å². The summed E-state index contributed by atoms with van der Waals surface area (Å²) in [5.74, 6) is 12.6. The SMILES string of the molecule is CCCCCCCCc1c(C#CC#Cc2ccccc2)cccc1CCCCCC. The number of aryl methyl sites for hydroxylation is 1. The van der Waals surface area contributed by atoms with Crippen molar-refractivity contribution in [1.82, 2.24) is 0 Å². The first-order chi connectivity index (χ1) is 14.8. The van der Waals surface area contributed by atoms with Crippen LogP contribution in [0.2, 0.25) is 0 Å². The zero-order valence-corrected chi connectivity index (χ0v) is 19.1. The third kappa shape index (κ3) is 9.37. The van der Waals surface area contributed by atoms with Gasteiger partial charge in [-0.15, -0.1) is 0 Å². The summed E-state index contributed by atoms with van der Waals surface area (Å²) in [6, 6.07) is 16.8. The highest BCUT2D eigenvalue weighted by atomic mass is 14.1. The van der Waals surface area contributed by atoms with E-state index in [9.17, 15) is 0 Å². The van der Waals surface area contributed by atoms with Crippen LogP contribution in [0.25, 0.3) is 0 Å². The molecule has 0 radical (unpaired) electrons. The van der Waals surface area contributed by atoms with E-state index >= 15 is 0 Å². The minimum Gasteiger partial charge on any atom is -0.0654 e. The first-order valence-electron chi connectivity index (χ1n) is 12.0. The molecule has 0 unspecified atom stereocenters. The fraction of sp³-hybridized carbons (Fsp3) is 0.467. The van der Waals surface area contributed by atoms with Crippen molar-refractivity contribution in [2.24, 2.45) is 0 Å². The van der Waals surface area contributed by atoms with E-state index in [4.69, 9.17) is 0 Å². The number of hydrogen-bond acceptors (Lipinski definition) is 0. The third-order valence-corrected chi connectivity index (χ3v) is 5.59.